The molecule has 0 aliphatic heterocycles. The summed E-state index contributed by atoms with van der Waals surface area (Å²) in [5.74, 6) is -1.85. The highest BCUT2D eigenvalue weighted by molar-refractivity contribution is 5.72. The molecule has 0 fully saturated rings. The standard InChI is InChI=1S/C29H48O4/c1-3-5-7-9-10-11-12-13-17-21-26(33-24-25-19-15-14-16-20-25)23-28(30)27(29(31)32)22-18-8-6-4-2/h14-16,18-20,22,26-28,30H,3-13,17,21,23-24H2,1-2H3,(H,31,32)/b22-18+/t26-,27-,28-/m0/s1. The maximum Gasteiger partial charge on any atom is 0.313 e. The summed E-state index contributed by atoms with van der Waals surface area (Å²) in [6.07, 6.45) is 18.0. The number of hydrogen-bond donors (Lipinski definition) is 2. The van der Waals surface area contributed by atoms with Crippen molar-refractivity contribution in [2.24, 2.45) is 5.92 Å². The van der Waals surface area contributed by atoms with Gasteiger partial charge in [-0.1, -0.05) is 127 Å². The number of aliphatic hydroxyl groups is 1. The molecule has 0 heterocycles. The Hall–Kier alpha value is -1.65. The third-order valence-corrected chi connectivity index (χ3v) is 6.23. The summed E-state index contributed by atoms with van der Waals surface area (Å²) in [6, 6.07) is 10.0. The van der Waals surface area contributed by atoms with Gasteiger partial charge in [0.15, 0.2) is 0 Å². The first-order valence-electron chi connectivity index (χ1n) is 13.3. The highest BCUT2D eigenvalue weighted by Crippen LogP contribution is 2.21. The van der Waals surface area contributed by atoms with Gasteiger partial charge in [-0.15, -0.1) is 0 Å². The van der Waals surface area contributed by atoms with Crippen LogP contribution in [0.2, 0.25) is 0 Å². The maximum absolute atomic E-state index is 11.7. The summed E-state index contributed by atoms with van der Waals surface area (Å²) in [7, 11) is 0. The Balaban J connectivity index is 2.53. The Morgan fingerprint density at radius 1 is 0.909 bits per heavy atom. The number of aliphatic carboxylic acids is 1. The molecule has 1 rings (SSSR count). The molecule has 0 spiro atoms. The summed E-state index contributed by atoms with van der Waals surface area (Å²) in [6.45, 7) is 4.84. The van der Waals surface area contributed by atoms with E-state index in [4.69, 9.17) is 4.74 Å². The molecule has 0 radical (unpaired) electrons. The largest absolute Gasteiger partial charge is 0.481 e. The topological polar surface area (TPSA) is 66.8 Å². The van der Waals surface area contributed by atoms with Crippen molar-refractivity contribution in [3.8, 4) is 0 Å². The number of rotatable bonds is 21. The van der Waals surface area contributed by atoms with Crippen molar-refractivity contribution < 1.29 is 19.7 Å². The minimum Gasteiger partial charge on any atom is -0.481 e. The third kappa shape index (κ3) is 15.0. The Bertz CT molecular complexity index is 613. The van der Waals surface area contributed by atoms with E-state index in [-0.39, 0.29) is 6.10 Å². The number of benzene rings is 1. The fourth-order valence-electron chi connectivity index (χ4n) is 4.10. The van der Waals surface area contributed by atoms with Crippen molar-refractivity contribution in [3.63, 3.8) is 0 Å². The van der Waals surface area contributed by atoms with E-state index in [0.717, 1.165) is 44.1 Å². The van der Waals surface area contributed by atoms with E-state index in [2.05, 4.69) is 13.8 Å². The van der Waals surface area contributed by atoms with Gasteiger partial charge < -0.3 is 14.9 Å². The second kappa shape index (κ2) is 19.8. The van der Waals surface area contributed by atoms with Gasteiger partial charge in [0.2, 0.25) is 0 Å². The predicted molar refractivity (Wildman–Crippen MR) is 137 cm³/mol. The third-order valence-electron chi connectivity index (χ3n) is 6.23. The normalized spacial score (nSPS) is 14.4. The monoisotopic (exact) mass is 460 g/mol. The van der Waals surface area contributed by atoms with Crippen LogP contribution in [0.15, 0.2) is 42.5 Å². The number of carbonyl (C=O) groups is 1. The van der Waals surface area contributed by atoms with E-state index in [9.17, 15) is 15.0 Å². The number of carboxylic acids is 1. The summed E-state index contributed by atoms with van der Waals surface area (Å²) in [5.41, 5.74) is 1.10. The van der Waals surface area contributed by atoms with Crippen LogP contribution < -0.4 is 0 Å². The molecule has 0 unspecified atom stereocenters. The Morgan fingerprint density at radius 3 is 2.12 bits per heavy atom. The minimum absolute atomic E-state index is 0.143. The Kier molecular flexibility index (Phi) is 17.6. The molecule has 2 N–H and O–H groups in total. The first-order valence-corrected chi connectivity index (χ1v) is 13.3. The summed E-state index contributed by atoms with van der Waals surface area (Å²) < 4.78 is 6.17. The molecule has 0 aliphatic rings. The lowest BCUT2D eigenvalue weighted by molar-refractivity contribution is -0.144. The van der Waals surface area contributed by atoms with E-state index in [1.807, 2.05) is 36.4 Å². The van der Waals surface area contributed by atoms with E-state index in [1.165, 1.54) is 44.9 Å². The van der Waals surface area contributed by atoms with Crippen LogP contribution in [0.4, 0.5) is 0 Å². The smallest absolute Gasteiger partial charge is 0.313 e. The van der Waals surface area contributed by atoms with Gasteiger partial charge in [0, 0.05) is 6.42 Å². The molecular weight excluding hydrogens is 412 g/mol. The van der Waals surface area contributed by atoms with E-state index in [1.54, 1.807) is 6.08 Å². The van der Waals surface area contributed by atoms with Crippen LogP contribution >= 0.6 is 0 Å². The van der Waals surface area contributed by atoms with Crippen LogP contribution in [0.1, 0.15) is 109 Å². The molecule has 3 atom stereocenters. The second-order valence-electron chi connectivity index (χ2n) is 9.27. The van der Waals surface area contributed by atoms with Crippen molar-refractivity contribution in [1.82, 2.24) is 0 Å². The van der Waals surface area contributed by atoms with Gasteiger partial charge in [0.05, 0.1) is 18.8 Å². The van der Waals surface area contributed by atoms with E-state index < -0.39 is 18.0 Å². The van der Waals surface area contributed by atoms with Crippen LogP contribution in [0.3, 0.4) is 0 Å². The molecule has 0 bridgehead atoms. The van der Waals surface area contributed by atoms with Gasteiger partial charge in [-0.3, -0.25) is 4.79 Å². The zero-order valence-electron chi connectivity index (χ0n) is 21.1. The fraction of sp³-hybridized carbons (Fsp3) is 0.690. The van der Waals surface area contributed by atoms with Crippen molar-refractivity contribution in [1.29, 1.82) is 0 Å². The lowest BCUT2D eigenvalue weighted by atomic mass is 9.94. The number of unbranched alkanes of at least 4 members (excludes halogenated alkanes) is 10. The number of carboxylic acid groups (broad SMARTS) is 1. The molecule has 0 aromatic heterocycles. The highest BCUT2D eigenvalue weighted by atomic mass is 16.5. The van der Waals surface area contributed by atoms with E-state index >= 15 is 0 Å². The average Bonchev–Trinajstić information content (AvgIpc) is 2.81. The Morgan fingerprint density at radius 2 is 1.52 bits per heavy atom. The molecule has 4 heteroatoms. The molecule has 0 amide bonds. The van der Waals surface area contributed by atoms with Crippen molar-refractivity contribution in [3.05, 3.63) is 48.0 Å². The average molecular weight is 461 g/mol. The van der Waals surface area contributed by atoms with E-state index in [0.29, 0.717) is 13.0 Å². The van der Waals surface area contributed by atoms with Gasteiger partial charge in [0.1, 0.15) is 5.92 Å². The first kappa shape index (κ1) is 29.4. The Labute approximate surface area is 202 Å². The first-order chi connectivity index (χ1) is 16.1. The van der Waals surface area contributed by atoms with Gasteiger partial charge in [-0.25, -0.2) is 0 Å². The van der Waals surface area contributed by atoms with Crippen LogP contribution in [-0.2, 0) is 16.1 Å². The van der Waals surface area contributed by atoms with Crippen molar-refractivity contribution in [2.45, 2.75) is 123 Å². The summed E-state index contributed by atoms with van der Waals surface area (Å²) in [4.78, 5) is 11.7. The maximum atomic E-state index is 11.7. The van der Waals surface area contributed by atoms with Gasteiger partial charge in [-0.2, -0.15) is 0 Å². The lowest BCUT2D eigenvalue weighted by Gasteiger charge is -2.23. The predicted octanol–water partition coefficient (Wildman–Crippen LogP) is 7.69. The molecule has 1 aromatic carbocycles. The molecule has 0 saturated heterocycles. The quantitative estimate of drug-likeness (QED) is 0.146. The van der Waals surface area contributed by atoms with Crippen LogP contribution in [0, 0.1) is 5.92 Å². The number of aliphatic hydroxyl groups excluding tert-OH is 1. The highest BCUT2D eigenvalue weighted by Gasteiger charge is 2.27. The molecule has 188 valence electrons. The summed E-state index contributed by atoms with van der Waals surface area (Å²) in [5, 5.41) is 20.4. The fourth-order valence-corrected chi connectivity index (χ4v) is 4.10. The molecule has 1 aromatic rings. The summed E-state index contributed by atoms with van der Waals surface area (Å²) >= 11 is 0. The molecule has 4 nitrogen and oxygen atoms in total. The van der Waals surface area contributed by atoms with Gasteiger partial charge >= 0.3 is 5.97 Å². The van der Waals surface area contributed by atoms with Crippen molar-refractivity contribution in [2.75, 3.05) is 0 Å². The molecule has 33 heavy (non-hydrogen) atoms. The van der Waals surface area contributed by atoms with Gasteiger partial charge in [0.25, 0.3) is 0 Å². The SMILES string of the molecule is CCCC/C=C/[C@H](C(=O)O)[C@@H](O)C[C@H](CCCCCCCCCCC)OCc1ccccc1. The van der Waals surface area contributed by atoms with Crippen LogP contribution in [-0.4, -0.2) is 28.4 Å². The number of allylic oxidation sites excluding steroid dienone is 1. The molecule has 0 saturated carbocycles. The zero-order valence-corrected chi connectivity index (χ0v) is 21.1. The minimum atomic E-state index is -0.972. The number of ether oxygens (including phenoxy) is 1. The van der Waals surface area contributed by atoms with Crippen LogP contribution in [0.5, 0.6) is 0 Å². The lowest BCUT2D eigenvalue weighted by Crippen LogP contribution is -2.31. The van der Waals surface area contributed by atoms with Crippen molar-refractivity contribution >= 4 is 5.97 Å². The van der Waals surface area contributed by atoms with Gasteiger partial charge in [-0.05, 0) is 18.4 Å². The molecule has 0 aliphatic carbocycles. The second-order valence-corrected chi connectivity index (χ2v) is 9.27. The molecular formula is C29H48O4. The van der Waals surface area contributed by atoms with Crippen LogP contribution in [0.25, 0.3) is 0 Å². The zero-order chi connectivity index (χ0) is 24.2. The number of hydrogen-bond acceptors (Lipinski definition) is 3.